The topological polar surface area (TPSA) is 108 Å². The van der Waals surface area contributed by atoms with Crippen LogP contribution in [0.2, 0.25) is 0 Å². The fourth-order valence-corrected chi connectivity index (χ4v) is 11.8. The molecule has 8 aromatic rings. The van der Waals surface area contributed by atoms with E-state index in [4.69, 9.17) is 44.8 Å². The molecule has 0 saturated heterocycles. The van der Waals surface area contributed by atoms with Crippen LogP contribution < -0.4 is 28.0 Å². The van der Waals surface area contributed by atoms with Gasteiger partial charge in [0.05, 0.1) is 28.4 Å². The minimum atomic E-state index is -2.16. The zero-order valence-electron chi connectivity index (χ0n) is 45.9. The van der Waals surface area contributed by atoms with Crippen LogP contribution in [0.5, 0.6) is 34.5 Å². The number of hydrogen-bond donors (Lipinski definition) is 0. The Morgan fingerprint density at radius 3 is 0.778 bits per heavy atom. The second-order valence-corrected chi connectivity index (χ2v) is 25.1. The van der Waals surface area contributed by atoms with Gasteiger partial charge < -0.3 is 44.8 Å². The normalized spacial score (nSPS) is 12.4. The van der Waals surface area contributed by atoms with Crippen molar-refractivity contribution in [3.8, 4) is 45.6 Å². The molecule has 0 aliphatic carbocycles. The summed E-state index contributed by atoms with van der Waals surface area (Å²) in [6.45, 7) is 34.3. The lowest BCUT2D eigenvalue weighted by atomic mass is 9.84. The maximum Gasteiger partial charge on any atom is 0.453 e. The molecular weight excluding hydrogens is 943 g/mol. The smallest absolute Gasteiger partial charge is 0.453 e. The van der Waals surface area contributed by atoms with Crippen LogP contribution in [0.3, 0.4) is 0 Å². The number of ether oxygens (including phenoxy) is 4. The van der Waals surface area contributed by atoms with Crippen LogP contribution in [0, 0.1) is 27.7 Å². The molecule has 0 bridgehead atoms. The lowest BCUT2D eigenvalue weighted by molar-refractivity contribution is 0.413. The fourth-order valence-electron chi connectivity index (χ4n) is 9.41. The van der Waals surface area contributed by atoms with Crippen molar-refractivity contribution >= 4 is 60.4 Å². The first kappa shape index (κ1) is 52.2. The summed E-state index contributed by atoms with van der Waals surface area (Å²) >= 11 is 0. The van der Waals surface area contributed by atoms with E-state index in [9.17, 15) is 0 Å². The van der Waals surface area contributed by atoms with Crippen molar-refractivity contribution in [2.75, 3.05) is 28.4 Å². The van der Waals surface area contributed by atoms with Gasteiger partial charge in [0.25, 0.3) is 0 Å². The highest BCUT2D eigenvalue weighted by atomic mass is 31.1. The van der Waals surface area contributed by atoms with E-state index >= 15 is 0 Å². The Labute approximate surface area is 427 Å². The molecule has 72 heavy (non-hydrogen) atoms. The Morgan fingerprint density at radius 2 is 0.569 bits per heavy atom. The molecule has 0 atom stereocenters. The zero-order valence-corrected chi connectivity index (χ0v) is 47.7. The van der Waals surface area contributed by atoms with Crippen molar-refractivity contribution in [1.82, 2.24) is 0 Å². The summed E-state index contributed by atoms with van der Waals surface area (Å²) < 4.78 is 66.9. The third-order valence-electron chi connectivity index (χ3n) is 13.1. The molecule has 12 heteroatoms. The molecule has 8 rings (SSSR count). The van der Waals surface area contributed by atoms with E-state index < -0.39 is 16.5 Å². The molecule has 10 nitrogen and oxygen atoms in total. The average molecular weight is 1020 g/mol. The van der Waals surface area contributed by atoms with Crippen molar-refractivity contribution in [1.29, 1.82) is 0 Å². The predicted molar refractivity (Wildman–Crippen MR) is 297 cm³/mol. The molecule has 0 aliphatic rings. The third kappa shape index (κ3) is 10.1. The number of methoxy groups -OCH3 is 4. The van der Waals surface area contributed by atoms with E-state index in [1.54, 1.807) is 28.4 Å². The van der Waals surface area contributed by atoms with Gasteiger partial charge in [-0.15, -0.1) is 0 Å². The van der Waals surface area contributed by atoms with Gasteiger partial charge in [-0.1, -0.05) is 95.2 Å². The van der Waals surface area contributed by atoms with Crippen LogP contribution in [0.15, 0.2) is 89.6 Å². The average Bonchev–Trinajstić information content (AvgIpc) is 3.54. The molecule has 0 spiro atoms. The van der Waals surface area contributed by atoms with Crippen LogP contribution in [-0.4, -0.2) is 28.4 Å². The molecule has 2 heterocycles. The summed E-state index contributed by atoms with van der Waals surface area (Å²) in [6, 6.07) is 24.7. The summed E-state index contributed by atoms with van der Waals surface area (Å²) in [6.07, 6.45) is 0. The third-order valence-corrected chi connectivity index (χ3v) is 15.1. The second-order valence-electron chi connectivity index (χ2n) is 23.1. The molecule has 2 aromatic heterocycles. The van der Waals surface area contributed by atoms with E-state index in [0.29, 0.717) is 56.8 Å². The Kier molecular flexibility index (Phi) is 13.8. The van der Waals surface area contributed by atoms with Gasteiger partial charge in [0.15, 0.2) is 0 Å². The molecule has 382 valence electrons. The van der Waals surface area contributed by atoms with Gasteiger partial charge in [0, 0.05) is 54.9 Å². The standard InChI is InChI=1S/C60H72O10P2/c1-33-21-35(3)51(65-71-67-53-43(25-37(61-17)29-47(53)57(5,6)7)44-26-38(62-18)30-48(54(44)68-71)58(8,9)10)41(23-33)42-24-34(2)22-36(4)52(42)66-72-69-55-45(27-39(63-19)31-49(55)59(11,12)13)46-28-40(64-20)32-50(56(46)70-72)60(14,15)16/h21-32H,1-20H3. The lowest BCUT2D eigenvalue weighted by Crippen LogP contribution is -2.12. The van der Waals surface area contributed by atoms with Crippen molar-refractivity contribution in [2.24, 2.45) is 0 Å². The summed E-state index contributed by atoms with van der Waals surface area (Å²) in [5, 5.41) is 3.31. The summed E-state index contributed by atoms with van der Waals surface area (Å²) in [5.74, 6) is 4.02. The van der Waals surface area contributed by atoms with E-state index in [1.165, 1.54) is 0 Å². The van der Waals surface area contributed by atoms with Gasteiger partial charge in [-0.25, -0.2) is 0 Å². The van der Waals surface area contributed by atoms with Crippen LogP contribution in [0.1, 0.15) is 128 Å². The molecule has 0 unspecified atom stereocenters. The first-order chi connectivity index (χ1) is 33.6. The van der Waals surface area contributed by atoms with Gasteiger partial charge >= 0.3 is 16.5 Å². The molecule has 0 radical (unpaired) electrons. The second kappa shape index (κ2) is 19.1. The number of rotatable bonds is 9. The van der Waals surface area contributed by atoms with E-state index in [1.807, 2.05) is 48.5 Å². The largest absolute Gasteiger partial charge is 0.497 e. The van der Waals surface area contributed by atoms with Crippen molar-refractivity contribution in [3.05, 3.63) is 117 Å². The minimum Gasteiger partial charge on any atom is -0.497 e. The first-order valence-corrected chi connectivity index (χ1v) is 26.6. The van der Waals surface area contributed by atoms with Crippen molar-refractivity contribution < 1.29 is 44.8 Å². The van der Waals surface area contributed by atoms with Gasteiger partial charge in [-0.05, 0) is 132 Å². The molecule has 0 aliphatic heterocycles. The number of fused-ring (bicyclic) bond motifs is 6. The number of hydrogen-bond acceptors (Lipinski definition) is 10. The van der Waals surface area contributed by atoms with E-state index in [-0.39, 0.29) is 21.7 Å². The Hall–Kier alpha value is -6.08. The van der Waals surface area contributed by atoms with Crippen LogP contribution in [0.25, 0.3) is 55.0 Å². The predicted octanol–water partition coefficient (Wildman–Crippen LogP) is 18.7. The van der Waals surface area contributed by atoms with Crippen molar-refractivity contribution in [2.45, 2.75) is 132 Å². The summed E-state index contributed by atoms with van der Waals surface area (Å²) in [7, 11) is 2.42. The van der Waals surface area contributed by atoms with Gasteiger partial charge in [0.2, 0.25) is 0 Å². The fraction of sp³-hybridized carbons (Fsp3) is 0.400. The summed E-state index contributed by atoms with van der Waals surface area (Å²) in [5.41, 5.74) is 10.5. The van der Waals surface area contributed by atoms with Crippen LogP contribution >= 0.6 is 16.5 Å². The van der Waals surface area contributed by atoms with E-state index in [0.717, 1.165) is 77.2 Å². The Morgan fingerprint density at radius 1 is 0.333 bits per heavy atom. The zero-order chi connectivity index (χ0) is 52.6. The highest BCUT2D eigenvalue weighted by Crippen LogP contribution is 2.52. The molecule has 6 aromatic carbocycles. The summed E-state index contributed by atoms with van der Waals surface area (Å²) in [4.78, 5) is 0. The van der Waals surface area contributed by atoms with Gasteiger partial charge in [-0.2, -0.15) is 0 Å². The number of benzene rings is 6. The minimum absolute atomic E-state index is 0.351. The first-order valence-electron chi connectivity index (χ1n) is 24.4. The molecule has 0 amide bonds. The van der Waals surface area contributed by atoms with Gasteiger partial charge in [-0.3, -0.25) is 0 Å². The maximum absolute atomic E-state index is 7.28. The monoisotopic (exact) mass is 1010 g/mol. The van der Waals surface area contributed by atoms with Crippen molar-refractivity contribution in [3.63, 3.8) is 0 Å². The lowest BCUT2D eigenvalue weighted by Gasteiger charge is -2.21. The molecular formula is C60H72O10P2. The quantitative estimate of drug-likeness (QED) is 0.139. The maximum atomic E-state index is 7.28. The van der Waals surface area contributed by atoms with Crippen LogP contribution in [0.4, 0.5) is 0 Å². The Bertz CT molecular complexity index is 3100. The van der Waals surface area contributed by atoms with Gasteiger partial charge in [0.1, 0.15) is 56.8 Å². The van der Waals surface area contributed by atoms with E-state index in [2.05, 4.69) is 135 Å². The molecule has 0 N–H and O–H groups in total. The Balaban J connectivity index is 1.44. The highest BCUT2D eigenvalue weighted by molar-refractivity contribution is 7.32. The molecule has 0 fully saturated rings. The number of aryl methyl sites for hydroxylation is 4. The molecule has 0 saturated carbocycles. The SMILES string of the molecule is COc1cc(C(C)(C)C)c2op(Oc3c(C)cc(C)cc3-c3cc(C)cc(C)c3Op3oc4c(C(C)(C)C)cc(OC)cc4c4cc(OC)cc(C(C)(C)C)c4o3)oc3c(C(C)(C)C)cc(OC)cc3c2c1. The highest BCUT2D eigenvalue weighted by Gasteiger charge is 2.30. The van der Waals surface area contributed by atoms with Crippen LogP contribution in [-0.2, 0) is 21.7 Å².